The lowest BCUT2D eigenvalue weighted by atomic mass is 10.0. The van der Waals surface area contributed by atoms with Crippen molar-refractivity contribution in [3.8, 4) is 0 Å². The summed E-state index contributed by atoms with van der Waals surface area (Å²) in [4.78, 5) is 12.2. The van der Waals surface area contributed by atoms with Crippen LogP contribution in [0, 0.1) is 5.82 Å². The van der Waals surface area contributed by atoms with E-state index in [2.05, 4.69) is 5.32 Å². The molecule has 0 bridgehead atoms. The lowest BCUT2D eigenvalue weighted by Gasteiger charge is -2.33. The van der Waals surface area contributed by atoms with E-state index in [0.717, 1.165) is 15.6 Å². The molecule has 2 aromatic rings. The number of halogens is 2. The summed E-state index contributed by atoms with van der Waals surface area (Å²) in [5.41, 5.74) is 0.0240. The van der Waals surface area contributed by atoms with Gasteiger partial charge in [0.15, 0.2) is 0 Å². The number of thiophene rings is 1. The van der Waals surface area contributed by atoms with Gasteiger partial charge < -0.3 is 5.32 Å². The molecule has 1 amide bonds. The zero-order chi connectivity index (χ0) is 16.6. The molecular formula is C14H12ClFN2O3S2. The summed E-state index contributed by atoms with van der Waals surface area (Å²) in [5, 5.41) is 2.58. The standard InChI is InChI=1S/C14H12ClFN2O3S2/c15-11-5-6-12(22-11)23(20,21)18-8-7-17-14(19)13(18)9-3-1-2-4-10(9)16/h1-6,13H,7-8H2,(H,17,19). The number of carbonyl (C=O) groups is 1. The average Bonchev–Trinajstić information content (AvgIpc) is 2.95. The number of rotatable bonds is 3. The highest BCUT2D eigenvalue weighted by Crippen LogP contribution is 2.34. The zero-order valence-electron chi connectivity index (χ0n) is 11.7. The van der Waals surface area contributed by atoms with Crippen LogP contribution in [0.1, 0.15) is 11.6 Å². The summed E-state index contributed by atoms with van der Waals surface area (Å²) in [6.45, 7) is 0.227. The molecule has 1 aromatic heterocycles. The van der Waals surface area contributed by atoms with Gasteiger partial charge in [-0.3, -0.25) is 4.79 Å². The molecule has 1 aliphatic rings. The third-order valence-electron chi connectivity index (χ3n) is 3.48. The molecule has 1 atom stereocenters. The third kappa shape index (κ3) is 2.99. The molecule has 1 aromatic carbocycles. The second-order valence-electron chi connectivity index (χ2n) is 4.89. The van der Waals surface area contributed by atoms with Crippen LogP contribution in [-0.2, 0) is 14.8 Å². The van der Waals surface area contributed by atoms with Crippen LogP contribution in [0.4, 0.5) is 4.39 Å². The van der Waals surface area contributed by atoms with Crippen LogP contribution in [0.15, 0.2) is 40.6 Å². The summed E-state index contributed by atoms with van der Waals surface area (Å²) < 4.78 is 41.1. The summed E-state index contributed by atoms with van der Waals surface area (Å²) in [6, 6.07) is 7.27. The number of amides is 1. The van der Waals surface area contributed by atoms with Crippen LogP contribution in [0.25, 0.3) is 0 Å². The Kier molecular flexibility index (Phi) is 4.41. The molecule has 5 nitrogen and oxygen atoms in total. The molecule has 2 heterocycles. The van der Waals surface area contributed by atoms with Crippen LogP contribution >= 0.6 is 22.9 Å². The predicted molar refractivity (Wildman–Crippen MR) is 85.4 cm³/mol. The number of nitrogens with zero attached hydrogens (tertiary/aromatic N) is 1. The van der Waals surface area contributed by atoms with Crippen molar-refractivity contribution in [2.24, 2.45) is 0 Å². The normalized spacial score (nSPS) is 19.6. The van der Waals surface area contributed by atoms with Crippen LogP contribution in [0.5, 0.6) is 0 Å². The quantitative estimate of drug-likeness (QED) is 0.897. The first-order chi connectivity index (χ1) is 10.9. The minimum Gasteiger partial charge on any atom is -0.353 e. The van der Waals surface area contributed by atoms with E-state index in [9.17, 15) is 17.6 Å². The van der Waals surface area contributed by atoms with Crippen LogP contribution in [-0.4, -0.2) is 31.7 Å². The predicted octanol–water partition coefficient (Wildman–Crippen LogP) is 2.40. The molecule has 0 spiro atoms. The fraction of sp³-hybridized carbons (Fsp3) is 0.214. The number of benzene rings is 1. The van der Waals surface area contributed by atoms with Gasteiger partial charge in [-0.15, -0.1) is 11.3 Å². The zero-order valence-corrected chi connectivity index (χ0v) is 14.1. The fourth-order valence-electron chi connectivity index (χ4n) is 2.45. The van der Waals surface area contributed by atoms with Crippen molar-refractivity contribution in [2.45, 2.75) is 10.3 Å². The minimum absolute atomic E-state index is 0.0240. The molecule has 23 heavy (non-hydrogen) atoms. The van der Waals surface area contributed by atoms with E-state index in [1.165, 1.54) is 30.3 Å². The van der Waals surface area contributed by atoms with Gasteiger partial charge in [-0.1, -0.05) is 29.8 Å². The third-order valence-corrected chi connectivity index (χ3v) is 7.04. The molecule has 122 valence electrons. The van der Waals surface area contributed by atoms with Crippen molar-refractivity contribution in [1.82, 2.24) is 9.62 Å². The van der Waals surface area contributed by atoms with Gasteiger partial charge in [0.2, 0.25) is 5.91 Å². The molecule has 1 fully saturated rings. The SMILES string of the molecule is O=C1NCCN(S(=O)(=O)c2ccc(Cl)s2)C1c1ccccc1F. The second-order valence-corrected chi connectivity index (χ2v) is 8.72. The molecule has 9 heteroatoms. The highest BCUT2D eigenvalue weighted by molar-refractivity contribution is 7.91. The Hall–Kier alpha value is -1.48. The van der Waals surface area contributed by atoms with Gasteiger partial charge in [-0.25, -0.2) is 12.8 Å². The van der Waals surface area contributed by atoms with E-state index < -0.39 is 27.8 Å². The molecule has 1 saturated heterocycles. The summed E-state index contributed by atoms with van der Waals surface area (Å²) >= 11 is 6.71. The Morgan fingerprint density at radius 2 is 2.00 bits per heavy atom. The molecule has 1 aliphatic heterocycles. The molecule has 1 N–H and O–H groups in total. The number of piperazine rings is 1. The first-order valence-electron chi connectivity index (χ1n) is 6.70. The lowest BCUT2D eigenvalue weighted by Crippen LogP contribution is -2.52. The van der Waals surface area contributed by atoms with E-state index >= 15 is 0 Å². The van der Waals surface area contributed by atoms with Crippen LogP contribution < -0.4 is 5.32 Å². The van der Waals surface area contributed by atoms with Crippen molar-refractivity contribution < 1.29 is 17.6 Å². The topological polar surface area (TPSA) is 66.5 Å². The van der Waals surface area contributed by atoms with Crippen molar-refractivity contribution in [3.05, 3.63) is 52.1 Å². The summed E-state index contributed by atoms with van der Waals surface area (Å²) in [5.74, 6) is -1.17. The number of carbonyl (C=O) groups excluding carboxylic acids is 1. The molecular weight excluding hydrogens is 363 g/mol. The Labute approximate surface area is 141 Å². The maximum absolute atomic E-state index is 14.1. The molecule has 0 radical (unpaired) electrons. The molecule has 0 saturated carbocycles. The van der Waals surface area contributed by atoms with Gasteiger partial charge in [0, 0.05) is 18.7 Å². The number of hydrogen-bond acceptors (Lipinski definition) is 4. The van der Waals surface area contributed by atoms with E-state index in [-0.39, 0.29) is 22.9 Å². The Morgan fingerprint density at radius 3 is 2.65 bits per heavy atom. The minimum atomic E-state index is -3.95. The van der Waals surface area contributed by atoms with Gasteiger partial charge in [0.05, 0.1) is 4.34 Å². The van der Waals surface area contributed by atoms with E-state index in [1.807, 2.05) is 0 Å². The first-order valence-corrected chi connectivity index (χ1v) is 9.34. The molecule has 3 rings (SSSR count). The number of hydrogen-bond donors (Lipinski definition) is 1. The van der Waals surface area contributed by atoms with Gasteiger partial charge in [-0.05, 0) is 18.2 Å². The molecule has 1 unspecified atom stereocenters. The van der Waals surface area contributed by atoms with Gasteiger partial charge >= 0.3 is 0 Å². The Bertz CT molecular complexity index is 853. The van der Waals surface area contributed by atoms with Crippen molar-refractivity contribution in [1.29, 1.82) is 0 Å². The van der Waals surface area contributed by atoms with Crippen LogP contribution in [0.2, 0.25) is 4.34 Å². The first kappa shape index (κ1) is 16.4. The highest BCUT2D eigenvalue weighted by atomic mass is 35.5. The van der Waals surface area contributed by atoms with E-state index in [1.54, 1.807) is 6.07 Å². The average molecular weight is 375 g/mol. The highest BCUT2D eigenvalue weighted by Gasteiger charge is 2.41. The smallest absolute Gasteiger partial charge is 0.253 e. The summed E-state index contributed by atoms with van der Waals surface area (Å²) in [6.07, 6.45) is 0. The largest absolute Gasteiger partial charge is 0.353 e. The fourth-order valence-corrected chi connectivity index (χ4v) is 5.63. The Balaban J connectivity index is 2.09. The second kappa shape index (κ2) is 6.20. The summed E-state index contributed by atoms with van der Waals surface area (Å²) in [7, 11) is -3.95. The van der Waals surface area contributed by atoms with Crippen molar-refractivity contribution in [3.63, 3.8) is 0 Å². The lowest BCUT2D eigenvalue weighted by molar-refractivity contribution is -0.127. The maximum Gasteiger partial charge on any atom is 0.253 e. The van der Waals surface area contributed by atoms with E-state index in [4.69, 9.17) is 11.6 Å². The van der Waals surface area contributed by atoms with E-state index in [0.29, 0.717) is 4.34 Å². The maximum atomic E-state index is 14.1. The van der Waals surface area contributed by atoms with Gasteiger partial charge in [0.1, 0.15) is 16.1 Å². The van der Waals surface area contributed by atoms with Gasteiger partial charge in [-0.2, -0.15) is 4.31 Å². The van der Waals surface area contributed by atoms with Crippen molar-refractivity contribution in [2.75, 3.05) is 13.1 Å². The van der Waals surface area contributed by atoms with Gasteiger partial charge in [0.25, 0.3) is 10.0 Å². The number of sulfonamides is 1. The number of nitrogens with one attached hydrogen (secondary N) is 1. The molecule has 0 aliphatic carbocycles. The van der Waals surface area contributed by atoms with Crippen molar-refractivity contribution >= 4 is 38.9 Å². The van der Waals surface area contributed by atoms with Crippen LogP contribution in [0.3, 0.4) is 0 Å². The Morgan fingerprint density at radius 1 is 1.26 bits per heavy atom. The monoisotopic (exact) mass is 374 g/mol.